The fourth-order valence-corrected chi connectivity index (χ4v) is 0.650. The minimum absolute atomic E-state index is 0.444. The zero-order chi connectivity index (χ0) is 9.14. The first-order chi connectivity index (χ1) is 5.65. The maximum absolute atomic E-state index is 11.9. The average Bonchev–Trinajstić information content (AvgIpc) is 2.51. The summed E-state index contributed by atoms with van der Waals surface area (Å²) in [5.74, 6) is 0. The van der Waals surface area contributed by atoms with Crippen LogP contribution >= 0.6 is 0 Å². The van der Waals surface area contributed by atoms with Crippen LogP contribution in [0.4, 0.5) is 13.6 Å². The van der Waals surface area contributed by atoms with Gasteiger partial charge in [0.15, 0.2) is 0 Å². The largest absolute Gasteiger partial charge is 0.451 e. The lowest BCUT2D eigenvalue weighted by Gasteiger charge is -1.95. The molecule has 1 heterocycles. The van der Waals surface area contributed by atoms with Gasteiger partial charge in [-0.1, -0.05) is 0 Å². The normalized spacial score (nSPS) is 10.3. The molecule has 0 aromatic carbocycles. The predicted octanol–water partition coefficient (Wildman–Crippen LogP) is 1.44. The fraction of sp³-hybridized carbons (Fsp3) is 0.333. The number of methoxy groups -OCH3 is 1. The number of carbonyl (C=O) groups excluding carboxylic acids is 1. The Morgan fingerprint density at radius 1 is 1.75 bits per heavy atom. The second-order valence-electron chi connectivity index (χ2n) is 1.96. The van der Waals surface area contributed by atoms with E-state index in [0.717, 1.165) is 19.4 Å². The molecule has 1 aromatic heterocycles. The summed E-state index contributed by atoms with van der Waals surface area (Å²) in [6, 6.07) is 1.06. The summed E-state index contributed by atoms with van der Waals surface area (Å²) >= 11 is 0. The third-order valence-electron chi connectivity index (χ3n) is 1.19. The molecule has 0 spiro atoms. The van der Waals surface area contributed by atoms with Crippen LogP contribution in [-0.2, 0) is 4.74 Å². The van der Waals surface area contributed by atoms with E-state index in [2.05, 4.69) is 9.84 Å². The summed E-state index contributed by atoms with van der Waals surface area (Å²) in [5.41, 5.74) is -0.444. The van der Waals surface area contributed by atoms with Gasteiger partial charge in [-0.25, -0.2) is 13.6 Å². The lowest BCUT2D eigenvalue weighted by atomic mass is 10.5. The Morgan fingerprint density at radius 3 is 2.83 bits per heavy atom. The molecule has 0 unspecified atom stereocenters. The number of hydrogen-bond acceptors (Lipinski definition) is 3. The second-order valence-corrected chi connectivity index (χ2v) is 1.96. The van der Waals surface area contributed by atoms with Crippen molar-refractivity contribution in [2.24, 2.45) is 0 Å². The molecule has 0 bridgehead atoms. The van der Waals surface area contributed by atoms with Crippen LogP contribution < -0.4 is 0 Å². The van der Waals surface area contributed by atoms with Crippen LogP contribution in [0.25, 0.3) is 0 Å². The summed E-state index contributed by atoms with van der Waals surface area (Å²) in [6.45, 7) is 0. The molecule has 0 atom stereocenters. The number of aromatic nitrogens is 2. The van der Waals surface area contributed by atoms with Crippen LogP contribution in [0.1, 0.15) is 12.1 Å². The standard InChI is InChI=1S/C6H6F2N2O2/c1-12-6(11)10-3-2-4(9-10)5(7)8/h2-3,5H,1H3. The van der Waals surface area contributed by atoms with Gasteiger partial charge in [-0.2, -0.15) is 9.78 Å². The van der Waals surface area contributed by atoms with E-state index in [4.69, 9.17) is 0 Å². The number of hydrogen-bond donors (Lipinski definition) is 0. The molecular formula is C6H6F2N2O2. The lowest BCUT2D eigenvalue weighted by Crippen LogP contribution is -2.12. The Bertz CT molecular complexity index is 285. The number of halogens is 2. The van der Waals surface area contributed by atoms with E-state index >= 15 is 0 Å². The van der Waals surface area contributed by atoms with Crippen LogP contribution in [0.15, 0.2) is 12.3 Å². The molecule has 66 valence electrons. The molecule has 6 heteroatoms. The summed E-state index contributed by atoms with van der Waals surface area (Å²) in [5, 5.41) is 3.27. The fourth-order valence-electron chi connectivity index (χ4n) is 0.650. The third-order valence-corrected chi connectivity index (χ3v) is 1.19. The summed E-state index contributed by atoms with van der Waals surface area (Å²) < 4.78 is 28.8. The first-order valence-corrected chi connectivity index (χ1v) is 3.07. The summed E-state index contributed by atoms with van der Waals surface area (Å²) in [4.78, 5) is 10.7. The molecule has 1 aromatic rings. The minimum Gasteiger partial charge on any atom is -0.451 e. The van der Waals surface area contributed by atoms with Crippen LogP contribution in [0.2, 0.25) is 0 Å². The highest BCUT2D eigenvalue weighted by molar-refractivity contribution is 5.68. The molecule has 0 aliphatic rings. The topological polar surface area (TPSA) is 44.1 Å². The van der Waals surface area contributed by atoms with E-state index < -0.39 is 18.2 Å². The monoisotopic (exact) mass is 176 g/mol. The SMILES string of the molecule is COC(=O)n1ccc(C(F)F)n1. The van der Waals surface area contributed by atoms with Crippen LogP contribution in [0.3, 0.4) is 0 Å². The van der Waals surface area contributed by atoms with Crippen LogP contribution in [0, 0.1) is 0 Å². The van der Waals surface area contributed by atoms with Crippen molar-refractivity contribution in [2.75, 3.05) is 7.11 Å². The highest BCUT2D eigenvalue weighted by Gasteiger charge is 2.13. The van der Waals surface area contributed by atoms with Gasteiger partial charge < -0.3 is 4.74 Å². The molecular weight excluding hydrogens is 170 g/mol. The lowest BCUT2D eigenvalue weighted by molar-refractivity contribution is 0.143. The van der Waals surface area contributed by atoms with E-state index in [9.17, 15) is 13.6 Å². The van der Waals surface area contributed by atoms with Gasteiger partial charge in [0, 0.05) is 6.20 Å². The van der Waals surface area contributed by atoms with Crippen LogP contribution in [0.5, 0.6) is 0 Å². The molecule has 0 radical (unpaired) electrons. The van der Waals surface area contributed by atoms with Gasteiger partial charge in [-0.15, -0.1) is 0 Å². The number of ether oxygens (including phenoxy) is 1. The smallest absolute Gasteiger partial charge is 0.434 e. The van der Waals surface area contributed by atoms with Gasteiger partial charge in [0.1, 0.15) is 5.69 Å². The van der Waals surface area contributed by atoms with Crippen molar-refractivity contribution in [3.63, 3.8) is 0 Å². The molecule has 1 rings (SSSR count). The van der Waals surface area contributed by atoms with Crippen molar-refractivity contribution < 1.29 is 18.3 Å². The Labute approximate surface area is 66.7 Å². The van der Waals surface area contributed by atoms with Gasteiger partial charge in [0.25, 0.3) is 6.43 Å². The molecule has 0 fully saturated rings. The number of nitrogens with zero attached hydrogens (tertiary/aromatic N) is 2. The highest BCUT2D eigenvalue weighted by Crippen LogP contribution is 2.15. The van der Waals surface area contributed by atoms with Crippen molar-refractivity contribution >= 4 is 6.09 Å². The third kappa shape index (κ3) is 1.58. The van der Waals surface area contributed by atoms with E-state index in [1.54, 1.807) is 0 Å². The second kappa shape index (κ2) is 3.29. The quantitative estimate of drug-likeness (QED) is 0.650. The van der Waals surface area contributed by atoms with Gasteiger partial charge >= 0.3 is 6.09 Å². The highest BCUT2D eigenvalue weighted by atomic mass is 19.3. The summed E-state index contributed by atoms with van der Waals surface area (Å²) in [7, 11) is 1.14. The molecule has 0 aliphatic carbocycles. The summed E-state index contributed by atoms with van der Waals surface area (Å²) in [6.07, 6.45) is -2.34. The first kappa shape index (κ1) is 8.63. The molecule has 0 aliphatic heterocycles. The number of alkyl halides is 2. The van der Waals surface area contributed by atoms with Crippen molar-refractivity contribution in [1.29, 1.82) is 0 Å². The maximum atomic E-state index is 11.9. The molecule has 4 nitrogen and oxygen atoms in total. The Kier molecular flexibility index (Phi) is 2.37. The van der Waals surface area contributed by atoms with Crippen molar-refractivity contribution in [3.05, 3.63) is 18.0 Å². The van der Waals surface area contributed by atoms with Gasteiger partial charge in [0.2, 0.25) is 0 Å². The molecule has 0 saturated heterocycles. The van der Waals surface area contributed by atoms with E-state index in [-0.39, 0.29) is 0 Å². The number of carbonyl (C=O) groups is 1. The van der Waals surface area contributed by atoms with Crippen molar-refractivity contribution in [1.82, 2.24) is 9.78 Å². The molecule has 0 N–H and O–H groups in total. The van der Waals surface area contributed by atoms with E-state index in [1.807, 2.05) is 0 Å². The number of rotatable bonds is 1. The Morgan fingerprint density at radius 2 is 2.42 bits per heavy atom. The van der Waals surface area contributed by atoms with Gasteiger partial charge in [-0.3, -0.25) is 0 Å². The Balaban J connectivity index is 2.84. The predicted molar refractivity (Wildman–Crippen MR) is 35.0 cm³/mol. The zero-order valence-corrected chi connectivity index (χ0v) is 6.20. The van der Waals surface area contributed by atoms with Crippen molar-refractivity contribution in [2.45, 2.75) is 6.43 Å². The zero-order valence-electron chi connectivity index (χ0n) is 6.20. The van der Waals surface area contributed by atoms with Crippen molar-refractivity contribution in [3.8, 4) is 0 Å². The average molecular weight is 176 g/mol. The minimum atomic E-state index is -2.67. The van der Waals surface area contributed by atoms with Crippen LogP contribution in [-0.4, -0.2) is 23.0 Å². The molecule has 12 heavy (non-hydrogen) atoms. The maximum Gasteiger partial charge on any atom is 0.434 e. The first-order valence-electron chi connectivity index (χ1n) is 3.07. The van der Waals surface area contributed by atoms with Gasteiger partial charge in [0.05, 0.1) is 7.11 Å². The van der Waals surface area contributed by atoms with E-state index in [1.165, 1.54) is 0 Å². The van der Waals surface area contributed by atoms with Gasteiger partial charge in [-0.05, 0) is 6.07 Å². The molecule has 0 amide bonds. The Hall–Kier alpha value is -1.46. The van der Waals surface area contributed by atoms with E-state index in [0.29, 0.717) is 4.68 Å². The molecule has 0 saturated carbocycles.